The molecule has 118 valence electrons. The van der Waals surface area contributed by atoms with Crippen LogP contribution in [0.1, 0.15) is 39.0 Å². The molecule has 0 aliphatic heterocycles. The molecule has 1 aliphatic carbocycles. The van der Waals surface area contributed by atoms with Crippen molar-refractivity contribution < 1.29 is 19.1 Å². The largest absolute Gasteiger partial charge is 0.497 e. The molecule has 1 aromatic carbocycles. The number of hydrogen-bond donors (Lipinski definition) is 1. The summed E-state index contributed by atoms with van der Waals surface area (Å²) in [5.41, 5.74) is -0.432. The van der Waals surface area contributed by atoms with Crippen molar-refractivity contribution in [1.29, 1.82) is 0 Å². The fourth-order valence-electron chi connectivity index (χ4n) is 2.86. The van der Waals surface area contributed by atoms with Gasteiger partial charge in [0.25, 0.3) is 0 Å². The summed E-state index contributed by atoms with van der Waals surface area (Å²) in [6.07, 6.45) is 2.17. The lowest BCUT2D eigenvalue weighted by Crippen LogP contribution is -2.40. The SMILES string of the molecule is COc1ccc(NC(=O)[C@]2(CCC(C)=O)CCCC2=O)cc1. The molecule has 1 atom stereocenters. The van der Waals surface area contributed by atoms with Crippen LogP contribution in [0.5, 0.6) is 5.75 Å². The van der Waals surface area contributed by atoms with Gasteiger partial charge in [0.15, 0.2) is 0 Å². The van der Waals surface area contributed by atoms with E-state index in [1.807, 2.05) is 0 Å². The number of carbonyl (C=O) groups is 3. The molecule has 1 saturated carbocycles. The Hall–Kier alpha value is -2.17. The number of hydrogen-bond acceptors (Lipinski definition) is 4. The van der Waals surface area contributed by atoms with Crippen molar-refractivity contribution in [3.63, 3.8) is 0 Å². The van der Waals surface area contributed by atoms with Crippen LogP contribution in [0.4, 0.5) is 5.69 Å². The third kappa shape index (κ3) is 3.35. The van der Waals surface area contributed by atoms with E-state index in [1.165, 1.54) is 6.92 Å². The van der Waals surface area contributed by atoms with Gasteiger partial charge >= 0.3 is 0 Å². The highest BCUT2D eigenvalue weighted by Crippen LogP contribution is 2.40. The fourth-order valence-corrected chi connectivity index (χ4v) is 2.86. The summed E-state index contributed by atoms with van der Waals surface area (Å²) in [6, 6.07) is 6.95. The smallest absolute Gasteiger partial charge is 0.238 e. The molecule has 1 amide bonds. The van der Waals surface area contributed by atoms with Gasteiger partial charge in [-0.15, -0.1) is 0 Å². The molecule has 22 heavy (non-hydrogen) atoms. The monoisotopic (exact) mass is 303 g/mol. The van der Waals surface area contributed by atoms with Crippen LogP contribution in [0.15, 0.2) is 24.3 Å². The van der Waals surface area contributed by atoms with Gasteiger partial charge in [-0.1, -0.05) is 0 Å². The van der Waals surface area contributed by atoms with Crippen LogP contribution in [0.3, 0.4) is 0 Å². The Balaban J connectivity index is 2.14. The second-order valence-corrected chi connectivity index (χ2v) is 5.74. The van der Waals surface area contributed by atoms with Gasteiger partial charge in [0, 0.05) is 18.5 Å². The number of methoxy groups -OCH3 is 1. The van der Waals surface area contributed by atoms with Crippen molar-refractivity contribution in [3.05, 3.63) is 24.3 Å². The molecule has 0 radical (unpaired) electrons. The molecule has 1 fully saturated rings. The molecule has 1 N–H and O–H groups in total. The first-order valence-corrected chi connectivity index (χ1v) is 7.46. The number of ketones is 2. The molecular formula is C17H21NO4. The minimum absolute atomic E-state index is 0.00341. The predicted octanol–water partition coefficient (Wildman–Crippen LogP) is 2.74. The Morgan fingerprint density at radius 1 is 1.27 bits per heavy atom. The van der Waals surface area contributed by atoms with E-state index >= 15 is 0 Å². The number of Topliss-reactive ketones (excluding diaryl/α,β-unsaturated/α-hetero) is 2. The summed E-state index contributed by atoms with van der Waals surface area (Å²) in [5, 5.41) is 2.80. The molecule has 2 rings (SSSR count). The number of ether oxygens (including phenoxy) is 1. The van der Waals surface area contributed by atoms with Gasteiger partial charge in [-0.3, -0.25) is 9.59 Å². The van der Waals surface area contributed by atoms with E-state index < -0.39 is 5.41 Å². The van der Waals surface area contributed by atoms with E-state index in [0.717, 1.165) is 0 Å². The summed E-state index contributed by atoms with van der Waals surface area (Å²) in [7, 11) is 1.57. The van der Waals surface area contributed by atoms with Crippen LogP contribution in [0.2, 0.25) is 0 Å². The number of benzene rings is 1. The summed E-state index contributed by atoms with van der Waals surface area (Å²) < 4.78 is 5.07. The van der Waals surface area contributed by atoms with Gasteiger partial charge in [0.2, 0.25) is 5.91 Å². The van der Waals surface area contributed by atoms with Crippen molar-refractivity contribution in [2.45, 2.75) is 39.0 Å². The number of carbonyl (C=O) groups excluding carboxylic acids is 3. The number of rotatable bonds is 6. The normalized spacial score (nSPS) is 20.7. The van der Waals surface area contributed by atoms with Crippen molar-refractivity contribution in [3.8, 4) is 5.75 Å². The Morgan fingerprint density at radius 2 is 1.95 bits per heavy atom. The molecule has 0 unspecified atom stereocenters. The first kappa shape index (κ1) is 16.2. The molecule has 5 nitrogen and oxygen atoms in total. The zero-order valence-electron chi connectivity index (χ0n) is 13.0. The maximum absolute atomic E-state index is 12.6. The van der Waals surface area contributed by atoms with Gasteiger partial charge < -0.3 is 14.8 Å². The molecule has 0 heterocycles. The summed E-state index contributed by atoms with van der Waals surface area (Å²) in [6.45, 7) is 1.48. The Bertz CT molecular complexity index is 579. The van der Waals surface area contributed by atoms with E-state index in [-0.39, 0.29) is 23.9 Å². The third-order valence-corrected chi connectivity index (χ3v) is 4.23. The van der Waals surface area contributed by atoms with Crippen LogP contribution in [0.25, 0.3) is 0 Å². The second kappa shape index (κ2) is 6.73. The topological polar surface area (TPSA) is 72.5 Å². The quantitative estimate of drug-likeness (QED) is 0.820. The molecule has 0 saturated heterocycles. The zero-order chi connectivity index (χ0) is 16.2. The van der Waals surface area contributed by atoms with E-state index in [2.05, 4.69) is 5.32 Å². The molecule has 1 aliphatic rings. The predicted molar refractivity (Wildman–Crippen MR) is 82.8 cm³/mol. The van der Waals surface area contributed by atoms with Crippen LogP contribution in [-0.4, -0.2) is 24.6 Å². The highest BCUT2D eigenvalue weighted by molar-refractivity contribution is 6.12. The van der Waals surface area contributed by atoms with Crippen molar-refractivity contribution in [2.24, 2.45) is 5.41 Å². The lowest BCUT2D eigenvalue weighted by Gasteiger charge is -2.25. The fraction of sp³-hybridized carbons (Fsp3) is 0.471. The molecular weight excluding hydrogens is 282 g/mol. The minimum Gasteiger partial charge on any atom is -0.497 e. The summed E-state index contributed by atoms with van der Waals surface area (Å²) >= 11 is 0. The Labute approximate surface area is 130 Å². The number of amides is 1. The van der Waals surface area contributed by atoms with Crippen LogP contribution in [0, 0.1) is 5.41 Å². The number of nitrogens with one attached hydrogen (secondary N) is 1. The van der Waals surface area contributed by atoms with Crippen LogP contribution < -0.4 is 10.1 Å². The third-order valence-electron chi connectivity index (χ3n) is 4.23. The second-order valence-electron chi connectivity index (χ2n) is 5.74. The van der Waals surface area contributed by atoms with Gasteiger partial charge in [-0.05, 0) is 50.5 Å². The maximum Gasteiger partial charge on any atom is 0.238 e. The minimum atomic E-state index is -1.05. The lowest BCUT2D eigenvalue weighted by molar-refractivity contribution is -0.137. The van der Waals surface area contributed by atoms with Gasteiger partial charge in [0.1, 0.15) is 22.7 Å². The number of anilines is 1. The van der Waals surface area contributed by atoms with E-state index in [0.29, 0.717) is 37.1 Å². The van der Waals surface area contributed by atoms with Gasteiger partial charge in [0.05, 0.1) is 7.11 Å². The average Bonchev–Trinajstić information content (AvgIpc) is 2.88. The standard InChI is InChI=1S/C17H21NO4/c1-12(19)9-11-17(10-3-4-15(17)20)16(21)18-13-5-7-14(22-2)8-6-13/h5-8H,3-4,9-11H2,1-2H3,(H,18,21)/t17-/m0/s1. The Kier molecular flexibility index (Phi) is 4.96. The Morgan fingerprint density at radius 3 is 2.45 bits per heavy atom. The highest BCUT2D eigenvalue weighted by atomic mass is 16.5. The first-order chi connectivity index (χ1) is 10.5. The van der Waals surface area contributed by atoms with Crippen molar-refractivity contribution >= 4 is 23.2 Å². The summed E-state index contributed by atoms with van der Waals surface area (Å²) in [5.74, 6) is 0.332. The molecule has 0 bridgehead atoms. The van der Waals surface area contributed by atoms with E-state index in [9.17, 15) is 14.4 Å². The van der Waals surface area contributed by atoms with Crippen molar-refractivity contribution in [1.82, 2.24) is 0 Å². The molecule has 1 aromatic rings. The summed E-state index contributed by atoms with van der Waals surface area (Å²) in [4.78, 5) is 36.1. The average molecular weight is 303 g/mol. The molecule has 0 aromatic heterocycles. The van der Waals surface area contributed by atoms with Crippen LogP contribution in [-0.2, 0) is 14.4 Å². The maximum atomic E-state index is 12.6. The highest BCUT2D eigenvalue weighted by Gasteiger charge is 2.48. The zero-order valence-corrected chi connectivity index (χ0v) is 13.0. The van der Waals surface area contributed by atoms with E-state index in [4.69, 9.17) is 4.74 Å². The molecule has 5 heteroatoms. The van der Waals surface area contributed by atoms with Crippen molar-refractivity contribution in [2.75, 3.05) is 12.4 Å². The first-order valence-electron chi connectivity index (χ1n) is 7.46. The molecule has 0 spiro atoms. The van der Waals surface area contributed by atoms with Gasteiger partial charge in [-0.2, -0.15) is 0 Å². The van der Waals surface area contributed by atoms with Gasteiger partial charge in [-0.25, -0.2) is 0 Å². The van der Waals surface area contributed by atoms with Crippen LogP contribution >= 0.6 is 0 Å². The van der Waals surface area contributed by atoms with E-state index in [1.54, 1.807) is 31.4 Å². The lowest BCUT2D eigenvalue weighted by atomic mass is 9.79.